The van der Waals surface area contributed by atoms with Crippen molar-refractivity contribution in [2.75, 3.05) is 13.1 Å². The molecule has 0 aromatic carbocycles. The molecule has 0 unspecified atom stereocenters. The van der Waals surface area contributed by atoms with E-state index in [9.17, 15) is 4.79 Å². The molecule has 0 radical (unpaired) electrons. The lowest BCUT2D eigenvalue weighted by atomic mass is 9.93. The van der Waals surface area contributed by atoms with Crippen LogP contribution in [0.5, 0.6) is 0 Å². The Labute approximate surface area is 136 Å². The van der Waals surface area contributed by atoms with Crippen LogP contribution < -0.4 is 5.69 Å². The highest BCUT2D eigenvalue weighted by Gasteiger charge is 2.22. The number of aryl methyl sites for hydroxylation is 1. The second-order valence-electron chi connectivity index (χ2n) is 6.35. The smallest absolute Gasteiger partial charge is 0.299 e. The van der Waals surface area contributed by atoms with Crippen LogP contribution in [0.1, 0.15) is 31.2 Å². The van der Waals surface area contributed by atoms with Gasteiger partial charge in [-0.05, 0) is 56.5 Å². The first kappa shape index (κ1) is 15.9. The zero-order chi connectivity index (χ0) is 16.2. The minimum Gasteiger partial charge on any atom is -0.299 e. The fourth-order valence-corrected chi connectivity index (χ4v) is 3.38. The Kier molecular flexibility index (Phi) is 4.91. The van der Waals surface area contributed by atoms with Gasteiger partial charge in [-0.3, -0.25) is 14.5 Å². The van der Waals surface area contributed by atoms with Gasteiger partial charge in [-0.15, -0.1) is 0 Å². The number of aromatic nitrogens is 4. The maximum absolute atomic E-state index is 12.0. The summed E-state index contributed by atoms with van der Waals surface area (Å²) in [6.45, 7) is 5.91. The van der Waals surface area contributed by atoms with Crippen LogP contribution in [-0.4, -0.2) is 37.3 Å². The molecule has 0 N–H and O–H groups in total. The van der Waals surface area contributed by atoms with E-state index in [0.29, 0.717) is 12.5 Å². The molecule has 6 heteroatoms. The highest BCUT2D eigenvalue weighted by atomic mass is 16.2. The predicted octanol–water partition coefficient (Wildman–Crippen LogP) is 1.45. The Balaban J connectivity index is 1.55. The summed E-state index contributed by atoms with van der Waals surface area (Å²) in [4.78, 5) is 18.5. The fourth-order valence-electron chi connectivity index (χ4n) is 3.38. The molecule has 1 fully saturated rings. The van der Waals surface area contributed by atoms with Crippen molar-refractivity contribution in [1.82, 2.24) is 24.2 Å². The van der Waals surface area contributed by atoms with Crippen molar-refractivity contribution in [1.29, 1.82) is 0 Å². The van der Waals surface area contributed by atoms with Crippen molar-refractivity contribution < 1.29 is 0 Å². The van der Waals surface area contributed by atoms with Crippen LogP contribution in [-0.2, 0) is 26.6 Å². The van der Waals surface area contributed by atoms with Crippen LogP contribution in [0.25, 0.3) is 0 Å². The van der Waals surface area contributed by atoms with E-state index in [1.807, 2.05) is 19.3 Å². The molecule has 0 spiro atoms. The van der Waals surface area contributed by atoms with Crippen LogP contribution >= 0.6 is 0 Å². The molecule has 23 heavy (non-hydrogen) atoms. The Hall–Kier alpha value is -1.95. The Bertz CT molecular complexity index is 683. The van der Waals surface area contributed by atoms with Crippen molar-refractivity contribution in [3.63, 3.8) is 0 Å². The summed E-state index contributed by atoms with van der Waals surface area (Å²) in [6, 6.07) is 4.17. The minimum absolute atomic E-state index is 0.00220. The molecule has 0 saturated carbocycles. The molecular formula is C17H25N5O. The lowest BCUT2D eigenvalue weighted by molar-refractivity contribution is 0.175. The van der Waals surface area contributed by atoms with Crippen molar-refractivity contribution in [2.45, 2.75) is 39.3 Å². The summed E-state index contributed by atoms with van der Waals surface area (Å²) in [5.74, 6) is 1.56. The first-order valence-electron chi connectivity index (χ1n) is 8.41. The van der Waals surface area contributed by atoms with Crippen LogP contribution in [0, 0.1) is 5.92 Å². The topological polar surface area (TPSA) is 56.0 Å². The predicted molar refractivity (Wildman–Crippen MR) is 89.1 cm³/mol. The lowest BCUT2D eigenvalue weighted by Crippen LogP contribution is -2.34. The van der Waals surface area contributed by atoms with Gasteiger partial charge in [0.25, 0.3) is 0 Å². The minimum atomic E-state index is -0.00220. The van der Waals surface area contributed by atoms with E-state index in [1.165, 1.54) is 23.1 Å². The van der Waals surface area contributed by atoms with Crippen LogP contribution in [0.3, 0.4) is 0 Å². The third-order valence-electron chi connectivity index (χ3n) is 4.73. The second-order valence-corrected chi connectivity index (χ2v) is 6.35. The Morgan fingerprint density at radius 3 is 2.57 bits per heavy atom. The quantitative estimate of drug-likeness (QED) is 0.838. The number of rotatable bonds is 5. The Morgan fingerprint density at radius 1 is 1.22 bits per heavy atom. The van der Waals surface area contributed by atoms with E-state index in [2.05, 4.69) is 27.1 Å². The molecule has 2 aromatic rings. The number of piperidine rings is 1. The molecule has 2 aromatic heterocycles. The highest BCUT2D eigenvalue weighted by Crippen LogP contribution is 2.21. The summed E-state index contributed by atoms with van der Waals surface area (Å²) in [6.07, 6.45) is 6.95. The van der Waals surface area contributed by atoms with Gasteiger partial charge in [0.05, 0.1) is 0 Å². The van der Waals surface area contributed by atoms with Crippen molar-refractivity contribution in [3.8, 4) is 0 Å². The number of hydrogen-bond acceptors (Lipinski definition) is 4. The monoisotopic (exact) mass is 315 g/mol. The molecule has 3 heterocycles. The number of likely N-dealkylation sites (tertiary alicyclic amines) is 1. The van der Waals surface area contributed by atoms with E-state index in [4.69, 9.17) is 0 Å². The van der Waals surface area contributed by atoms with Gasteiger partial charge in [-0.2, -0.15) is 5.10 Å². The molecule has 6 nitrogen and oxygen atoms in total. The average molecular weight is 315 g/mol. The maximum atomic E-state index is 12.0. The first-order chi connectivity index (χ1) is 11.2. The molecule has 124 valence electrons. The number of nitrogens with zero attached hydrogens (tertiary/aromatic N) is 5. The molecule has 1 aliphatic heterocycles. The van der Waals surface area contributed by atoms with Gasteiger partial charge in [-0.1, -0.05) is 0 Å². The van der Waals surface area contributed by atoms with E-state index in [0.717, 1.165) is 31.9 Å². The molecule has 0 bridgehead atoms. The molecule has 3 rings (SSSR count). The van der Waals surface area contributed by atoms with Gasteiger partial charge in [0.15, 0.2) is 0 Å². The summed E-state index contributed by atoms with van der Waals surface area (Å²) in [7, 11) is 1.73. The van der Waals surface area contributed by atoms with Crippen molar-refractivity contribution in [3.05, 3.63) is 46.4 Å². The standard InChI is InChI=1S/C17H25N5O/c1-3-22-16(19-20(2)17(22)23)12-14-6-10-21(11-7-14)13-15-4-8-18-9-5-15/h4-5,8-9,14H,3,6-7,10-13H2,1-2H3. The summed E-state index contributed by atoms with van der Waals surface area (Å²) in [5.41, 5.74) is 1.32. The zero-order valence-electron chi connectivity index (χ0n) is 14.0. The summed E-state index contributed by atoms with van der Waals surface area (Å²) in [5, 5.41) is 4.41. The first-order valence-corrected chi connectivity index (χ1v) is 8.41. The molecular weight excluding hydrogens is 290 g/mol. The maximum Gasteiger partial charge on any atom is 0.345 e. The second kappa shape index (κ2) is 7.08. The van der Waals surface area contributed by atoms with E-state index < -0.39 is 0 Å². The van der Waals surface area contributed by atoms with Gasteiger partial charge in [0.1, 0.15) is 5.82 Å². The largest absolute Gasteiger partial charge is 0.345 e. The van der Waals surface area contributed by atoms with Gasteiger partial charge in [0.2, 0.25) is 0 Å². The van der Waals surface area contributed by atoms with Crippen LogP contribution in [0.4, 0.5) is 0 Å². The fraction of sp³-hybridized carbons (Fsp3) is 0.588. The normalized spacial score (nSPS) is 16.8. The SMILES string of the molecule is CCn1c(CC2CCN(Cc3ccncc3)CC2)nn(C)c1=O. The molecule has 1 aliphatic rings. The van der Waals surface area contributed by atoms with E-state index in [-0.39, 0.29) is 5.69 Å². The number of pyridine rings is 1. The summed E-state index contributed by atoms with van der Waals surface area (Å²) < 4.78 is 3.25. The van der Waals surface area contributed by atoms with Gasteiger partial charge in [0, 0.05) is 39.0 Å². The Morgan fingerprint density at radius 2 is 1.91 bits per heavy atom. The number of hydrogen-bond donors (Lipinski definition) is 0. The highest BCUT2D eigenvalue weighted by molar-refractivity contribution is 5.09. The molecule has 0 amide bonds. The van der Waals surface area contributed by atoms with Crippen molar-refractivity contribution >= 4 is 0 Å². The van der Waals surface area contributed by atoms with Gasteiger partial charge >= 0.3 is 5.69 Å². The van der Waals surface area contributed by atoms with Crippen LogP contribution in [0.2, 0.25) is 0 Å². The molecule has 0 atom stereocenters. The lowest BCUT2D eigenvalue weighted by Gasteiger charge is -2.31. The summed E-state index contributed by atoms with van der Waals surface area (Å²) >= 11 is 0. The third-order valence-corrected chi connectivity index (χ3v) is 4.73. The van der Waals surface area contributed by atoms with Crippen molar-refractivity contribution in [2.24, 2.45) is 13.0 Å². The van der Waals surface area contributed by atoms with Gasteiger partial charge in [-0.25, -0.2) is 9.48 Å². The molecule has 1 saturated heterocycles. The van der Waals surface area contributed by atoms with Crippen LogP contribution in [0.15, 0.2) is 29.3 Å². The zero-order valence-corrected chi connectivity index (χ0v) is 14.0. The third kappa shape index (κ3) is 3.69. The van der Waals surface area contributed by atoms with E-state index >= 15 is 0 Å². The molecule has 0 aliphatic carbocycles. The average Bonchev–Trinajstić information content (AvgIpc) is 2.84. The van der Waals surface area contributed by atoms with E-state index in [1.54, 1.807) is 11.6 Å². The van der Waals surface area contributed by atoms with Gasteiger partial charge < -0.3 is 0 Å².